The Morgan fingerprint density at radius 1 is 0.305 bits per heavy atom. The van der Waals surface area contributed by atoms with E-state index in [-0.39, 0.29) is 0 Å². The molecule has 3 nitrogen and oxygen atoms in total. The first-order chi connectivity index (χ1) is 29.2. The van der Waals surface area contributed by atoms with Crippen LogP contribution >= 0.6 is 0 Å². The lowest BCUT2D eigenvalue weighted by Crippen LogP contribution is -2.11. The molecule has 0 atom stereocenters. The third-order valence-corrected chi connectivity index (χ3v) is 11.9. The highest BCUT2D eigenvalue weighted by Crippen LogP contribution is 2.49. The highest BCUT2D eigenvalue weighted by molar-refractivity contribution is 6.20. The smallest absolute Gasteiger partial charge is 0.145 e. The summed E-state index contributed by atoms with van der Waals surface area (Å²) in [5, 5.41) is 9.25. The molecule has 0 N–H and O–H groups in total. The predicted molar refractivity (Wildman–Crippen MR) is 247 cm³/mol. The van der Waals surface area contributed by atoms with Gasteiger partial charge >= 0.3 is 0 Å². The van der Waals surface area contributed by atoms with Gasteiger partial charge in [0.15, 0.2) is 0 Å². The number of benzene rings is 10. The molecular formula is C56H35NO2. The van der Waals surface area contributed by atoms with Crippen LogP contribution in [-0.2, 0) is 0 Å². The van der Waals surface area contributed by atoms with Crippen LogP contribution in [-0.4, -0.2) is 0 Å². The molecule has 0 saturated heterocycles. The molecule has 3 heteroatoms. The molecule has 0 radical (unpaired) electrons. The van der Waals surface area contributed by atoms with Crippen LogP contribution in [0.25, 0.3) is 98.8 Å². The first-order valence-electron chi connectivity index (χ1n) is 20.1. The van der Waals surface area contributed by atoms with Gasteiger partial charge in [0.1, 0.15) is 22.3 Å². The Morgan fingerprint density at radius 3 is 1.73 bits per heavy atom. The zero-order chi connectivity index (χ0) is 38.9. The van der Waals surface area contributed by atoms with Crippen molar-refractivity contribution in [2.45, 2.75) is 0 Å². The molecule has 10 aromatic carbocycles. The number of hydrogen-bond acceptors (Lipinski definition) is 3. The van der Waals surface area contributed by atoms with Gasteiger partial charge in [0, 0.05) is 22.0 Å². The molecule has 12 aromatic rings. The summed E-state index contributed by atoms with van der Waals surface area (Å²) in [5.74, 6) is 0. The Labute approximate surface area is 340 Å². The lowest BCUT2D eigenvalue weighted by molar-refractivity contribution is 0.669. The minimum atomic E-state index is 0.843. The van der Waals surface area contributed by atoms with Gasteiger partial charge < -0.3 is 13.7 Å². The normalized spacial score (nSPS) is 11.7. The van der Waals surface area contributed by atoms with Crippen molar-refractivity contribution >= 4 is 82.5 Å². The number of rotatable bonds is 6. The second-order valence-electron chi connectivity index (χ2n) is 15.2. The van der Waals surface area contributed by atoms with Crippen molar-refractivity contribution in [2.24, 2.45) is 0 Å². The number of anilines is 3. The van der Waals surface area contributed by atoms with Crippen LogP contribution in [0.3, 0.4) is 0 Å². The fourth-order valence-corrected chi connectivity index (χ4v) is 9.04. The van der Waals surface area contributed by atoms with Gasteiger partial charge in [-0.05, 0) is 110 Å². The van der Waals surface area contributed by atoms with E-state index in [1.165, 1.54) is 27.1 Å². The molecular weight excluding hydrogens is 719 g/mol. The Balaban J connectivity index is 1.10. The van der Waals surface area contributed by atoms with Gasteiger partial charge in [0.2, 0.25) is 0 Å². The minimum absolute atomic E-state index is 0.843. The molecule has 12 rings (SSSR count). The lowest BCUT2D eigenvalue weighted by Gasteiger charge is -2.27. The lowest BCUT2D eigenvalue weighted by atomic mass is 9.96. The van der Waals surface area contributed by atoms with Gasteiger partial charge in [0.05, 0.1) is 22.1 Å². The summed E-state index contributed by atoms with van der Waals surface area (Å²) in [6, 6.07) is 75.6. The zero-order valence-corrected chi connectivity index (χ0v) is 32.0. The monoisotopic (exact) mass is 753 g/mol. The van der Waals surface area contributed by atoms with E-state index in [1.807, 2.05) is 12.1 Å². The van der Waals surface area contributed by atoms with E-state index >= 15 is 0 Å². The van der Waals surface area contributed by atoms with Crippen LogP contribution in [0.5, 0.6) is 0 Å². The predicted octanol–water partition coefficient (Wildman–Crippen LogP) is 16.3. The first kappa shape index (κ1) is 33.3. The van der Waals surface area contributed by atoms with Crippen molar-refractivity contribution in [1.29, 1.82) is 0 Å². The second-order valence-corrected chi connectivity index (χ2v) is 15.2. The number of fused-ring (bicyclic) bond motifs is 9. The highest BCUT2D eigenvalue weighted by atomic mass is 16.3. The van der Waals surface area contributed by atoms with Gasteiger partial charge in [-0.25, -0.2) is 0 Å². The second kappa shape index (κ2) is 13.4. The SMILES string of the molecule is c1ccc(-c2ccc3c(c2)oc2c(-c4ccccc4)ccc(N(c4ccc(-c5ccc6ccc7ccccc7c6c5)cc4)c4cccc5oc6ccccc6c45)c23)cc1. The van der Waals surface area contributed by atoms with Gasteiger partial charge in [-0.3, -0.25) is 0 Å². The van der Waals surface area contributed by atoms with Crippen LogP contribution in [0.15, 0.2) is 221 Å². The van der Waals surface area contributed by atoms with E-state index in [4.69, 9.17) is 8.83 Å². The van der Waals surface area contributed by atoms with E-state index in [1.54, 1.807) is 0 Å². The third kappa shape index (κ3) is 5.44. The van der Waals surface area contributed by atoms with Crippen LogP contribution in [0.1, 0.15) is 0 Å². The highest BCUT2D eigenvalue weighted by Gasteiger charge is 2.25. The Hall–Kier alpha value is -7.88. The van der Waals surface area contributed by atoms with Crippen molar-refractivity contribution in [1.82, 2.24) is 0 Å². The average molecular weight is 754 g/mol. The van der Waals surface area contributed by atoms with Gasteiger partial charge in [-0.2, -0.15) is 0 Å². The van der Waals surface area contributed by atoms with Crippen LogP contribution < -0.4 is 4.90 Å². The molecule has 0 bridgehead atoms. The summed E-state index contributed by atoms with van der Waals surface area (Å²) >= 11 is 0. The van der Waals surface area contributed by atoms with Crippen LogP contribution in [0.2, 0.25) is 0 Å². The van der Waals surface area contributed by atoms with Crippen molar-refractivity contribution in [3.05, 3.63) is 212 Å². The fraction of sp³-hybridized carbons (Fsp3) is 0. The maximum absolute atomic E-state index is 7.00. The zero-order valence-electron chi connectivity index (χ0n) is 32.0. The van der Waals surface area contributed by atoms with Crippen molar-refractivity contribution in [2.75, 3.05) is 4.90 Å². The summed E-state index contributed by atoms with van der Waals surface area (Å²) in [6.45, 7) is 0. The maximum atomic E-state index is 7.00. The molecule has 0 aliphatic heterocycles. The molecule has 59 heavy (non-hydrogen) atoms. The molecule has 0 unspecified atom stereocenters. The summed E-state index contributed by atoms with van der Waals surface area (Å²) < 4.78 is 13.5. The molecule has 0 saturated carbocycles. The van der Waals surface area contributed by atoms with Crippen LogP contribution in [0, 0.1) is 0 Å². The minimum Gasteiger partial charge on any atom is -0.456 e. The number of furan rings is 2. The number of hydrogen-bond donors (Lipinski definition) is 0. The largest absolute Gasteiger partial charge is 0.456 e. The summed E-state index contributed by atoms with van der Waals surface area (Å²) in [7, 11) is 0. The van der Waals surface area contributed by atoms with E-state index < -0.39 is 0 Å². The Bertz CT molecular complexity index is 3540. The average Bonchev–Trinajstić information content (AvgIpc) is 3.89. The quantitative estimate of drug-likeness (QED) is 0.158. The van der Waals surface area contributed by atoms with E-state index in [9.17, 15) is 0 Å². The molecule has 0 fully saturated rings. The third-order valence-electron chi connectivity index (χ3n) is 11.9. The van der Waals surface area contributed by atoms with Crippen molar-refractivity contribution in [3.8, 4) is 33.4 Å². The topological polar surface area (TPSA) is 29.5 Å². The number of para-hydroxylation sites is 1. The molecule has 0 aliphatic carbocycles. The molecule has 0 aliphatic rings. The van der Waals surface area contributed by atoms with E-state index in [2.05, 4.69) is 205 Å². The molecule has 2 aromatic heterocycles. The van der Waals surface area contributed by atoms with Gasteiger partial charge in [-0.15, -0.1) is 0 Å². The molecule has 0 spiro atoms. The first-order valence-corrected chi connectivity index (χ1v) is 20.1. The number of nitrogens with zero attached hydrogens (tertiary/aromatic N) is 1. The molecule has 2 heterocycles. The van der Waals surface area contributed by atoms with E-state index in [0.29, 0.717) is 0 Å². The van der Waals surface area contributed by atoms with Crippen molar-refractivity contribution in [3.63, 3.8) is 0 Å². The van der Waals surface area contributed by atoms with Gasteiger partial charge in [0.25, 0.3) is 0 Å². The van der Waals surface area contributed by atoms with Gasteiger partial charge in [-0.1, -0.05) is 152 Å². The Kier molecular flexibility index (Phi) is 7.54. The van der Waals surface area contributed by atoms with E-state index in [0.717, 1.165) is 88.8 Å². The Morgan fingerprint density at radius 2 is 0.898 bits per heavy atom. The summed E-state index contributed by atoms with van der Waals surface area (Å²) in [6.07, 6.45) is 0. The standard InChI is InChI=1S/C56H35NO2/c1-3-12-36(13-4-1)42-28-31-47-53(35-42)59-56-45(38-14-5-2-6-15-38)32-33-50(55(47)56)57(49-19-11-21-52-54(49)46-18-9-10-20-51(46)58-52)43-29-26-37(27-30-43)41-25-24-40-23-22-39-16-7-8-17-44(39)48(40)34-41/h1-35H. The van der Waals surface area contributed by atoms with Crippen molar-refractivity contribution < 1.29 is 8.83 Å². The van der Waals surface area contributed by atoms with Crippen LogP contribution in [0.4, 0.5) is 17.1 Å². The summed E-state index contributed by atoms with van der Waals surface area (Å²) in [5.41, 5.74) is 13.2. The fourth-order valence-electron chi connectivity index (χ4n) is 9.04. The summed E-state index contributed by atoms with van der Waals surface area (Å²) in [4.78, 5) is 2.39. The molecule has 276 valence electrons. The maximum Gasteiger partial charge on any atom is 0.145 e. The molecule has 0 amide bonds.